The van der Waals surface area contributed by atoms with E-state index in [-0.39, 0.29) is 18.7 Å². The molecule has 3 fully saturated rings. The summed E-state index contributed by atoms with van der Waals surface area (Å²) in [6.07, 6.45) is 2.39. The standard InChI is InChI=1S/C26H34N4O3/c1-17-28-22(18-7-5-4-6-8-18)12-23(29-17)21-16-30-10-9-19(21)11-20(30)15-27-24(31)13-26(2,3)14-25(32)33/h4-8,12,19-21H,9-11,13-16H2,1-3H3,(H,27,31)(H,32,33)/t19-,20+,21+/m0/s1. The van der Waals surface area contributed by atoms with Gasteiger partial charge >= 0.3 is 5.97 Å². The third kappa shape index (κ3) is 5.77. The van der Waals surface area contributed by atoms with Gasteiger partial charge in [0.15, 0.2) is 0 Å². The van der Waals surface area contributed by atoms with Crippen molar-refractivity contribution in [2.45, 2.75) is 58.4 Å². The number of nitrogens with zero attached hydrogens (tertiary/aromatic N) is 3. The lowest BCUT2D eigenvalue weighted by Gasteiger charge is -2.49. The number of carbonyl (C=O) groups excluding carboxylic acids is 1. The van der Waals surface area contributed by atoms with E-state index in [0.29, 0.717) is 24.4 Å². The zero-order valence-electron chi connectivity index (χ0n) is 19.8. The Kier molecular flexibility index (Phi) is 6.79. The molecule has 3 saturated heterocycles. The number of carboxylic acid groups (broad SMARTS) is 1. The number of piperidine rings is 3. The van der Waals surface area contributed by atoms with Crippen LogP contribution < -0.4 is 5.32 Å². The number of aliphatic carboxylic acids is 1. The average molecular weight is 451 g/mol. The fourth-order valence-electron chi connectivity index (χ4n) is 5.42. The first-order valence-corrected chi connectivity index (χ1v) is 11.8. The maximum atomic E-state index is 12.4. The van der Waals surface area contributed by atoms with Crippen LogP contribution in [0.1, 0.15) is 57.0 Å². The molecule has 33 heavy (non-hydrogen) atoms. The molecule has 2 N–H and O–H groups in total. The van der Waals surface area contributed by atoms with Crippen LogP contribution >= 0.6 is 0 Å². The summed E-state index contributed by atoms with van der Waals surface area (Å²) in [5.74, 6) is 0.780. The van der Waals surface area contributed by atoms with Crippen molar-refractivity contribution in [2.24, 2.45) is 11.3 Å². The summed E-state index contributed by atoms with van der Waals surface area (Å²) >= 11 is 0. The number of aromatic nitrogens is 2. The van der Waals surface area contributed by atoms with E-state index in [4.69, 9.17) is 10.1 Å². The number of hydrogen-bond donors (Lipinski definition) is 2. The van der Waals surface area contributed by atoms with Crippen molar-refractivity contribution in [3.8, 4) is 11.3 Å². The molecule has 0 spiro atoms. The van der Waals surface area contributed by atoms with Gasteiger partial charge in [0.05, 0.1) is 12.1 Å². The Labute approximate surface area is 195 Å². The molecule has 2 aromatic rings. The van der Waals surface area contributed by atoms with Crippen LogP contribution in [-0.2, 0) is 9.59 Å². The predicted molar refractivity (Wildman–Crippen MR) is 127 cm³/mol. The Morgan fingerprint density at radius 1 is 1.18 bits per heavy atom. The SMILES string of the molecule is Cc1nc(-c2ccccc2)cc([C@@H]2CN3CC[C@H]2C[C@@H]3CNC(=O)CC(C)(C)CC(=O)O)n1. The summed E-state index contributed by atoms with van der Waals surface area (Å²) in [7, 11) is 0. The molecule has 7 nitrogen and oxygen atoms in total. The summed E-state index contributed by atoms with van der Waals surface area (Å²) in [5, 5.41) is 12.1. The van der Waals surface area contributed by atoms with Crippen molar-refractivity contribution in [3.63, 3.8) is 0 Å². The highest BCUT2D eigenvalue weighted by Crippen LogP contribution is 2.41. The van der Waals surface area contributed by atoms with Crippen molar-refractivity contribution >= 4 is 11.9 Å². The first-order chi connectivity index (χ1) is 15.7. The van der Waals surface area contributed by atoms with Gasteiger partial charge in [-0.1, -0.05) is 44.2 Å². The number of aryl methyl sites for hydroxylation is 1. The molecule has 4 atom stereocenters. The van der Waals surface area contributed by atoms with Gasteiger partial charge in [0.25, 0.3) is 0 Å². The van der Waals surface area contributed by atoms with Gasteiger partial charge in [0, 0.05) is 42.7 Å². The highest BCUT2D eigenvalue weighted by molar-refractivity contribution is 5.78. The van der Waals surface area contributed by atoms with E-state index in [0.717, 1.165) is 48.7 Å². The van der Waals surface area contributed by atoms with Crippen LogP contribution in [0.25, 0.3) is 11.3 Å². The van der Waals surface area contributed by atoms with E-state index in [9.17, 15) is 9.59 Å². The van der Waals surface area contributed by atoms with Gasteiger partial charge < -0.3 is 10.4 Å². The molecular formula is C26H34N4O3. The van der Waals surface area contributed by atoms with Crippen LogP contribution in [0, 0.1) is 18.3 Å². The highest BCUT2D eigenvalue weighted by Gasteiger charge is 2.41. The highest BCUT2D eigenvalue weighted by atomic mass is 16.4. The number of fused-ring (bicyclic) bond motifs is 3. The summed E-state index contributed by atoms with van der Waals surface area (Å²) in [4.78, 5) is 35.4. The third-order valence-electron chi connectivity index (χ3n) is 6.99. The van der Waals surface area contributed by atoms with Gasteiger partial charge in [-0.05, 0) is 43.7 Å². The van der Waals surface area contributed by atoms with E-state index in [1.807, 2.05) is 39.0 Å². The van der Waals surface area contributed by atoms with Gasteiger partial charge in [-0.25, -0.2) is 9.97 Å². The molecule has 5 rings (SSSR count). The van der Waals surface area contributed by atoms with Crippen LogP contribution in [0.3, 0.4) is 0 Å². The van der Waals surface area contributed by atoms with Crippen molar-refractivity contribution < 1.29 is 14.7 Å². The third-order valence-corrected chi connectivity index (χ3v) is 6.99. The maximum absolute atomic E-state index is 12.4. The number of benzene rings is 1. The second-order valence-corrected chi connectivity index (χ2v) is 10.3. The molecule has 1 unspecified atom stereocenters. The Hall–Kier alpha value is -2.80. The number of nitrogens with one attached hydrogen (secondary N) is 1. The van der Waals surface area contributed by atoms with Crippen LogP contribution in [0.2, 0.25) is 0 Å². The molecule has 4 heterocycles. The van der Waals surface area contributed by atoms with Gasteiger partial charge in [-0.15, -0.1) is 0 Å². The van der Waals surface area contributed by atoms with Crippen LogP contribution in [0.5, 0.6) is 0 Å². The first-order valence-electron chi connectivity index (χ1n) is 11.8. The minimum atomic E-state index is -0.870. The zero-order chi connectivity index (χ0) is 23.6. The summed E-state index contributed by atoms with van der Waals surface area (Å²) < 4.78 is 0. The number of hydrogen-bond acceptors (Lipinski definition) is 5. The van der Waals surface area contributed by atoms with Gasteiger partial charge in [0.1, 0.15) is 5.82 Å². The number of carbonyl (C=O) groups is 2. The monoisotopic (exact) mass is 450 g/mol. The molecule has 7 heteroatoms. The Morgan fingerprint density at radius 2 is 1.94 bits per heavy atom. The molecule has 2 bridgehead atoms. The normalized spacial score (nSPS) is 24.5. The molecule has 1 amide bonds. The van der Waals surface area contributed by atoms with E-state index in [1.165, 1.54) is 0 Å². The largest absolute Gasteiger partial charge is 0.481 e. The second kappa shape index (κ2) is 9.59. The Balaban J connectivity index is 1.38. The fourth-order valence-corrected chi connectivity index (χ4v) is 5.42. The molecule has 0 radical (unpaired) electrons. The Bertz CT molecular complexity index is 1010. The van der Waals surface area contributed by atoms with Crippen LogP contribution in [0.15, 0.2) is 36.4 Å². The smallest absolute Gasteiger partial charge is 0.303 e. The molecule has 0 saturated carbocycles. The molecule has 1 aromatic heterocycles. The van der Waals surface area contributed by atoms with E-state index in [1.54, 1.807) is 0 Å². The maximum Gasteiger partial charge on any atom is 0.303 e. The molecule has 0 aliphatic carbocycles. The number of rotatable bonds is 8. The van der Waals surface area contributed by atoms with Gasteiger partial charge in [-0.3, -0.25) is 14.5 Å². The second-order valence-electron chi connectivity index (χ2n) is 10.3. The molecule has 3 aliphatic heterocycles. The van der Waals surface area contributed by atoms with Crippen molar-refractivity contribution in [3.05, 3.63) is 47.9 Å². The molecule has 3 aliphatic rings. The Morgan fingerprint density at radius 3 is 2.61 bits per heavy atom. The van der Waals surface area contributed by atoms with Crippen molar-refractivity contribution in [1.82, 2.24) is 20.2 Å². The molecule has 1 aromatic carbocycles. The van der Waals surface area contributed by atoms with E-state index < -0.39 is 11.4 Å². The molecule has 176 valence electrons. The number of carboxylic acids is 1. The lowest BCUT2D eigenvalue weighted by Crippen LogP contribution is -2.56. The first kappa shape index (κ1) is 23.4. The van der Waals surface area contributed by atoms with Crippen molar-refractivity contribution in [2.75, 3.05) is 19.6 Å². The minimum Gasteiger partial charge on any atom is -0.481 e. The van der Waals surface area contributed by atoms with E-state index in [2.05, 4.69) is 33.4 Å². The lowest BCUT2D eigenvalue weighted by molar-refractivity contribution is -0.139. The summed E-state index contributed by atoms with van der Waals surface area (Å²) in [6, 6.07) is 12.7. The quantitative estimate of drug-likeness (QED) is 0.638. The van der Waals surface area contributed by atoms with E-state index >= 15 is 0 Å². The topological polar surface area (TPSA) is 95.4 Å². The predicted octanol–water partition coefficient (Wildman–Crippen LogP) is 3.64. The minimum absolute atomic E-state index is 0.0109. The van der Waals surface area contributed by atoms with Crippen LogP contribution in [-0.4, -0.2) is 57.5 Å². The van der Waals surface area contributed by atoms with Crippen molar-refractivity contribution in [1.29, 1.82) is 0 Å². The number of amides is 1. The van der Waals surface area contributed by atoms with Gasteiger partial charge in [0.2, 0.25) is 5.91 Å². The zero-order valence-corrected chi connectivity index (χ0v) is 19.8. The average Bonchev–Trinajstić information content (AvgIpc) is 2.77. The lowest BCUT2D eigenvalue weighted by atomic mass is 9.74. The summed E-state index contributed by atoms with van der Waals surface area (Å²) in [6.45, 7) is 8.21. The summed E-state index contributed by atoms with van der Waals surface area (Å²) in [5.41, 5.74) is 2.65. The van der Waals surface area contributed by atoms with Gasteiger partial charge in [-0.2, -0.15) is 0 Å². The molecular weight excluding hydrogens is 416 g/mol. The fraction of sp³-hybridized carbons (Fsp3) is 0.538. The van der Waals surface area contributed by atoms with Crippen LogP contribution in [0.4, 0.5) is 0 Å².